The monoisotopic (exact) mass is 291 g/mol. The molecule has 1 saturated heterocycles. The summed E-state index contributed by atoms with van der Waals surface area (Å²) in [6.45, 7) is 7.97. The Morgan fingerprint density at radius 2 is 1.90 bits per heavy atom. The van der Waals surface area contributed by atoms with Gasteiger partial charge in [-0.1, -0.05) is 24.3 Å². The molecule has 0 bridgehead atoms. The zero-order chi connectivity index (χ0) is 15.3. The van der Waals surface area contributed by atoms with E-state index in [1.54, 1.807) is 7.11 Å². The Bertz CT molecular complexity index is 422. The van der Waals surface area contributed by atoms with E-state index in [4.69, 9.17) is 4.74 Å². The van der Waals surface area contributed by atoms with Gasteiger partial charge in [-0.3, -0.25) is 4.90 Å². The minimum Gasteiger partial charge on any atom is -0.390 e. The molecule has 1 N–H and O–H groups in total. The summed E-state index contributed by atoms with van der Waals surface area (Å²) in [4.78, 5) is 2.51. The van der Waals surface area contributed by atoms with Crippen LogP contribution in [-0.4, -0.2) is 42.4 Å². The number of likely N-dealkylation sites (tertiary alicyclic amines) is 1. The Morgan fingerprint density at radius 1 is 1.24 bits per heavy atom. The van der Waals surface area contributed by atoms with Crippen molar-refractivity contribution >= 4 is 0 Å². The highest BCUT2D eigenvalue weighted by atomic mass is 16.5. The van der Waals surface area contributed by atoms with Gasteiger partial charge in [-0.05, 0) is 56.7 Å². The van der Waals surface area contributed by atoms with Gasteiger partial charge in [-0.15, -0.1) is 0 Å². The van der Waals surface area contributed by atoms with Crippen LogP contribution in [0.3, 0.4) is 0 Å². The predicted molar refractivity (Wildman–Crippen MR) is 86.3 cm³/mol. The first-order valence-corrected chi connectivity index (χ1v) is 7.98. The van der Waals surface area contributed by atoms with E-state index in [0.29, 0.717) is 5.92 Å². The van der Waals surface area contributed by atoms with Gasteiger partial charge >= 0.3 is 0 Å². The van der Waals surface area contributed by atoms with Gasteiger partial charge < -0.3 is 9.84 Å². The Labute approximate surface area is 128 Å². The SMILES string of the molecule is COC[C@@H]1CCN(Cc2ccc(CCC(C)(C)O)cc2)C1. The van der Waals surface area contributed by atoms with Gasteiger partial charge in [0, 0.05) is 20.2 Å². The van der Waals surface area contributed by atoms with E-state index in [1.165, 1.54) is 24.1 Å². The third-order valence-corrected chi connectivity index (χ3v) is 4.23. The second kappa shape index (κ2) is 7.39. The Balaban J connectivity index is 1.80. The smallest absolute Gasteiger partial charge is 0.0594 e. The van der Waals surface area contributed by atoms with Crippen LogP contribution >= 0.6 is 0 Å². The fourth-order valence-corrected chi connectivity index (χ4v) is 2.95. The molecule has 2 rings (SSSR count). The number of benzene rings is 1. The van der Waals surface area contributed by atoms with Crippen molar-refractivity contribution < 1.29 is 9.84 Å². The van der Waals surface area contributed by atoms with Crippen molar-refractivity contribution in [1.29, 1.82) is 0 Å². The maximum atomic E-state index is 9.77. The second-order valence-corrected chi connectivity index (χ2v) is 6.97. The Kier molecular flexibility index (Phi) is 5.80. The van der Waals surface area contributed by atoms with Crippen LogP contribution < -0.4 is 0 Å². The van der Waals surface area contributed by atoms with Crippen LogP contribution in [0, 0.1) is 5.92 Å². The molecule has 0 saturated carbocycles. The molecule has 1 aliphatic rings. The van der Waals surface area contributed by atoms with E-state index in [9.17, 15) is 5.11 Å². The molecule has 0 aromatic heterocycles. The maximum Gasteiger partial charge on any atom is 0.0594 e. The van der Waals surface area contributed by atoms with Crippen LogP contribution in [0.25, 0.3) is 0 Å². The Morgan fingerprint density at radius 3 is 2.52 bits per heavy atom. The van der Waals surface area contributed by atoms with Crippen molar-refractivity contribution in [3.8, 4) is 0 Å². The first-order chi connectivity index (χ1) is 9.96. The normalized spacial score (nSPS) is 20.1. The highest BCUT2D eigenvalue weighted by Crippen LogP contribution is 2.19. The minimum atomic E-state index is -0.579. The lowest BCUT2D eigenvalue weighted by atomic mass is 9.98. The number of hydrogen-bond donors (Lipinski definition) is 1. The summed E-state index contributed by atoms with van der Waals surface area (Å²) in [6.07, 6.45) is 2.98. The number of nitrogens with zero attached hydrogens (tertiary/aromatic N) is 1. The molecule has 1 aromatic rings. The van der Waals surface area contributed by atoms with Crippen LogP contribution in [0.4, 0.5) is 0 Å². The summed E-state index contributed by atoms with van der Waals surface area (Å²) in [6, 6.07) is 8.85. The highest BCUT2D eigenvalue weighted by molar-refractivity contribution is 5.23. The fourth-order valence-electron chi connectivity index (χ4n) is 2.95. The molecule has 21 heavy (non-hydrogen) atoms. The molecular formula is C18H29NO2. The number of hydrogen-bond acceptors (Lipinski definition) is 3. The molecule has 0 amide bonds. The van der Waals surface area contributed by atoms with Gasteiger partial charge in [-0.25, -0.2) is 0 Å². The molecule has 1 aliphatic heterocycles. The van der Waals surface area contributed by atoms with Gasteiger partial charge in [0.25, 0.3) is 0 Å². The van der Waals surface area contributed by atoms with Crippen LogP contribution in [0.5, 0.6) is 0 Å². The average molecular weight is 291 g/mol. The van der Waals surface area contributed by atoms with E-state index < -0.39 is 5.60 Å². The summed E-state index contributed by atoms with van der Waals surface area (Å²) in [5.74, 6) is 0.695. The van der Waals surface area contributed by atoms with Gasteiger partial charge in [0.2, 0.25) is 0 Å². The first kappa shape index (κ1) is 16.5. The van der Waals surface area contributed by atoms with E-state index in [2.05, 4.69) is 29.2 Å². The lowest BCUT2D eigenvalue weighted by molar-refractivity contribution is 0.0714. The summed E-state index contributed by atoms with van der Waals surface area (Å²) in [5.41, 5.74) is 2.10. The van der Waals surface area contributed by atoms with Crippen molar-refractivity contribution in [2.45, 2.75) is 45.3 Å². The maximum absolute atomic E-state index is 9.77. The van der Waals surface area contributed by atoms with E-state index in [0.717, 1.165) is 32.5 Å². The lowest BCUT2D eigenvalue weighted by Crippen LogP contribution is -2.21. The molecule has 118 valence electrons. The summed E-state index contributed by atoms with van der Waals surface area (Å²) in [7, 11) is 1.79. The van der Waals surface area contributed by atoms with E-state index in [1.807, 2.05) is 13.8 Å². The van der Waals surface area contributed by atoms with Gasteiger partial charge in [0.15, 0.2) is 0 Å². The fraction of sp³-hybridized carbons (Fsp3) is 0.667. The number of ether oxygens (including phenoxy) is 1. The van der Waals surface area contributed by atoms with Crippen LogP contribution in [0.15, 0.2) is 24.3 Å². The number of rotatable bonds is 7. The Hall–Kier alpha value is -0.900. The molecule has 3 heteroatoms. The summed E-state index contributed by atoms with van der Waals surface area (Å²) < 4.78 is 5.25. The second-order valence-electron chi connectivity index (χ2n) is 6.97. The highest BCUT2D eigenvalue weighted by Gasteiger charge is 2.22. The van der Waals surface area contributed by atoms with Gasteiger partial charge in [-0.2, -0.15) is 0 Å². The number of aliphatic hydroxyl groups is 1. The minimum absolute atomic E-state index is 0.579. The molecule has 1 heterocycles. The zero-order valence-electron chi connectivity index (χ0n) is 13.6. The van der Waals surface area contributed by atoms with Crippen LogP contribution in [-0.2, 0) is 17.7 Å². The molecular weight excluding hydrogens is 262 g/mol. The molecule has 0 spiro atoms. The molecule has 1 atom stereocenters. The third kappa shape index (κ3) is 5.77. The van der Waals surface area contributed by atoms with Crippen LogP contribution in [0.2, 0.25) is 0 Å². The third-order valence-electron chi connectivity index (χ3n) is 4.23. The van der Waals surface area contributed by atoms with Crippen molar-refractivity contribution in [2.75, 3.05) is 26.8 Å². The van der Waals surface area contributed by atoms with Crippen LogP contribution in [0.1, 0.15) is 37.8 Å². The first-order valence-electron chi connectivity index (χ1n) is 7.98. The van der Waals surface area contributed by atoms with Crippen molar-refractivity contribution in [3.05, 3.63) is 35.4 Å². The van der Waals surface area contributed by atoms with Crippen molar-refractivity contribution in [1.82, 2.24) is 4.90 Å². The van der Waals surface area contributed by atoms with Crippen molar-refractivity contribution in [3.63, 3.8) is 0 Å². The number of aryl methyl sites for hydroxylation is 1. The zero-order valence-corrected chi connectivity index (χ0v) is 13.6. The van der Waals surface area contributed by atoms with E-state index in [-0.39, 0.29) is 0 Å². The number of methoxy groups -OCH3 is 1. The molecule has 0 aliphatic carbocycles. The van der Waals surface area contributed by atoms with E-state index >= 15 is 0 Å². The quantitative estimate of drug-likeness (QED) is 0.838. The van der Waals surface area contributed by atoms with Gasteiger partial charge in [0.05, 0.1) is 12.2 Å². The topological polar surface area (TPSA) is 32.7 Å². The van der Waals surface area contributed by atoms with Crippen molar-refractivity contribution in [2.24, 2.45) is 5.92 Å². The average Bonchev–Trinajstić information content (AvgIpc) is 2.85. The summed E-state index contributed by atoms with van der Waals surface area (Å²) >= 11 is 0. The predicted octanol–water partition coefficient (Wildman–Crippen LogP) is 2.86. The molecule has 3 nitrogen and oxygen atoms in total. The molecule has 1 fully saturated rings. The largest absolute Gasteiger partial charge is 0.390 e. The molecule has 0 radical (unpaired) electrons. The summed E-state index contributed by atoms with van der Waals surface area (Å²) in [5, 5.41) is 9.77. The molecule has 1 aromatic carbocycles. The molecule has 0 unspecified atom stereocenters. The van der Waals surface area contributed by atoms with Gasteiger partial charge in [0.1, 0.15) is 0 Å². The lowest BCUT2D eigenvalue weighted by Gasteiger charge is -2.18. The standard InChI is InChI=1S/C18H29NO2/c1-18(2,20)10-8-15-4-6-16(7-5-15)12-19-11-9-17(13-19)14-21-3/h4-7,17,20H,8-14H2,1-3H3/t17-/m1/s1.